The van der Waals surface area contributed by atoms with E-state index in [9.17, 15) is 0 Å². The van der Waals surface area contributed by atoms with E-state index >= 15 is 0 Å². The molecule has 0 aromatic heterocycles. The van der Waals surface area contributed by atoms with E-state index in [-0.39, 0.29) is 0 Å². The summed E-state index contributed by atoms with van der Waals surface area (Å²) < 4.78 is 5.61. The molecule has 0 aliphatic heterocycles. The van der Waals surface area contributed by atoms with E-state index in [1.165, 1.54) is 26.2 Å². The fourth-order valence-corrected chi connectivity index (χ4v) is 7.77. The number of hydrogen-bond donors (Lipinski definition) is 2. The van der Waals surface area contributed by atoms with Gasteiger partial charge in [-0.25, -0.2) is 0 Å². The number of hydrogen-bond acceptors (Lipinski definition) is 4. The molecular weight excluding hydrogens is 385 g/mol. The Kier molecular flexibility index (Phi) is 10.8. The van der Waals surface area contributed by atoms with Crippen molar-refractivity contribution in [3.63, 3.8) is 0 Å². The van der Waals surface area contributed by atoms with Gasteiger partial charge in [-0.15, -0.1) is 0 Å². The Bertz CT molecular complexity index is 354. The summed E-state index contributed by atoms with van der Waals surface area (Å²) in [6.07, 6.45) is 0. The van der Waals surface area contributed by atoms with Gasteiger partial charge in [0.25, 0.3) is 0 Å². The van der Waals surface area contributed by atoms with Gasteiger partial charge in [-0.3, -0.25) is 0 Å². The monoisotopic (exact) mass is 434 g/mol. The summed E-state index contributed by atoms with van der Waals surface area (Å²) in [5.74, 6) is 0. The quantitative estimate of drug-likeness (QED) is 0.427. The van der Waals surface area contributed by atoms with Crippen LogP contribution < -0.4 is 9.96 Å². The second-order valence-corrected chi connectivity index (χ2v) is 31.3. The first-order valence-electron chi connectivity index (χ1n) is 10.4. The van der Waals surface area contributed by atoms with Crippen LogP contribution in [0.3, 0.4) is 0 Å². The molecule has 26 heavy (non-hydrogen) atoms. The molecule has 0 radical (unpaired) electrons. The summed E-state index contributed by atoms with van der Waals surface area (Å²) in [5, 5.41) is 0. The zero-order chi connectivity index (χ0) is 20.8. The third-order valence-electron chi connectivity index (χ3n) is 4.61. The number of nitrogens with zero attached hydrogens (tertiary/aromatic N) is 2. The van der Waals surface area contributed by atoms with Gasteiger partial charge in [0, 0.05) is 39.3 Å². The first kappa shape index (κ1) is 26.7. The van der Waals surface area contributed by atoms with Crippen LogP contribution in [0.4, 0.5) is 0 Å². The van der Waals surface area contributed by atoms with Gasteiger partial charge >= 0.3 is 0 Å². The van der Waals surface area contributed by atoms with E-state index in [1.807, 2.05) is 0 Å². The van der Waals surface area contributed by atoms with Crippen LogP contribution in [0.25, 0.3) is 0 Å². The molecule has 2 N–H and O–H groups in total. The Hall–Kier alpha value is 0.708. The van der Waals surface area contributed by atoms with E-state index in [0.717, 1.165) is 13.1 Å². The molecule has 0 fully saturated rings. The van der Waals surface area contributed by atoms with Crippen LogP contribution in [0.1, 0.15) is 0 Å². The highest BCUT2D eigenvalue weighted by Crippen LogP contribution is 2.13. The van der Waals surface area contributed by atoms with E-state index in [1.54, 1.807) is 0 Å². The molecule has 0 aliphatic carbocycles. The Morgan fingerprint density at radius 1 is 0.462 bits per heavy atom. The van der Waals surface area contributed by atoms with Gasteiger partial charge in [0.15, 0.2) is 0 Å². The summed E-state index contributed by atoms with van der Waals surface area (Å²) in [6.45, 7) is 36.5. The highest BCUT2D eigenvalue weighted by Gasteiger charge is 2.28. The lowest BCUT2D eigenvalue weighted by Gasteiger charge is -2.40. The molecule has 0 rings (SSSR count). The number of nitrogens with one attached hydrogen (secondary N) is 2. The van der Waals surface area contributed by atoms with Crippen LogP contribution >= 0.6 is 0 Å². The predicted octanol–water partition coefficient (Wildman–Crippen LogP) is 4.11. The zero-order valence-electron chi connectivity index (χ0n) is 20.1. The Morgan fingerprint density at radius 3 is 0.923 bits per heavy atom. The predicted molar refractivity (Wildman–Crippen MR) is 133 cm³/mol. The molecular formula is C18H50N4Si4. The van der Waals surface area contributed by atoms with Gasteiger partial charge in [-0.2, -0.15) is 0 Å². The molecule has 0 aromatic rings. The van der Waals surface area contributed by atoms with E-state index in [2.05, 4.69) is 97.7 Å². The highest BCUT2D eigenvalue weighted by atomic mass is 28.3. The van der Waals surface area contributed by atoms with Crippen LogP contribution in [-0.4, -0.2) is 81.3 Å². The van der Waals surface area contributed by atoms with Crippen molar-refractivity contribution in [2.75, 3.05) is 39.3 Å². The maximum Gasteiger partial charge on any atom is 0.119 e. The van der Waals surface area contributed by atoms with Crippen molar-refractivity contribution in [3.05, 3.63) is 0 Å². The summed E-state index contributed by atoms with van der Waals surface area (Å²) >= 11 is 0. The SMILES string of the molecule is C[Si](C)(C)NCCN(CCN(CCN[Si](C)(C)C)[Si](C)(C)C)[Si](C)(C)C. The first-order valence-corrected chi connectivity index (χ1v) is 24.3. The molecule has 0 heterocycles. The summed E-state index contributed by atoms with van der Waals surface area (Å²) in [5.41, 5.74) is 0. The van der Waals surface area contributed by atoms with E-state index in [0.29, 0.717) is 0 Å². The van der Waals surface area contributed by atoms with Gasteiger partial charge in [-0.1, -0.05) is 78.6 Å². The van der Waals surface area contributed by atoms with E-state index in [4.69, 9.17) is 0 Å². The van der Waals surface area contributed by atoms with Crippen molar-refractivity contribution < 1.29 is 0 Å². The molecule has 0 saturated heterocycles. The lowest BCUT2D eigenvalue weighted by atomic mass is 10.5. The fraction of sp³-hybridized carbons (Fsp3) is 1.00. The molecule has 8 heteroatoms. The van der Waals surface area contributed by atoms with Crippen molar-refractivity contribution in [1.29, 1.82) is 0 Å². The topological polar surface area (TPSA) is 30.5 Å². The van der Waals surface area contributed by atoms with Gasteiger partial charge in [0.1, 0.15) is 32.9 Å². The molecule has 0 saturated carbocycles. The Labute approximate surface area is 169 Å². The van der Waals surface area contributed by atoms with Gasteiger partial charge in [-0.05, 0) is 0 Å². The maximum absolute atomic E-state index is 3.80. The smallest absolute Gasteiger partial charge is 0.119 e. The van der Waals surface area contributed by atoms with Gasteiger partial charge in [0.05, 0.1) is 0 Å². The van der Waals surface area contributed by atoms with Crippen molar-refractivity contribution >= 4 is 32.9 Å². The van der Waals surface area contributed by atoms with E-state index < -0.39 is 32.9 Å². The van der Waals surface area contributed by atoms with Gasteiger partial charge in [0.2, 0.25) is 0 Å². The zero-order valence-corrected chi connectivity index (χ0v) is 24.1. The Morgan fingerprint density at radius 2 is 0.731 bits per heavy atom. The molecule has 4 nitrogen and oxygen atoms in total. The van der Waals surface area contributed by atoms with Crippen LogP contribution in [-0.2, 0) is 0 Å². The third kappa shape index (κ3) is 13.8. The lowest BCUT2D eigenvalue weighted by molar-refractivity contribution is 0.346. The van der Waals surface area contributed by atoms with Gasteiger partial charge < -0.3 is 19.1 Å². The summed E-state index contributed by atoms with van der Waals surface area (Å²) in [4.78, 5) is 7.60. The third-order valence-corrected chi connectivity index (χ3v) is 11.9. The van der Waals surface area contributed by atoms with Crippen molar-refractivity contribution in [1.82, 2.24) is 19.1 Å². The molecule has 0 spiro atoms. The number of rotatable bonds is 13. The fourth-order valence-electron chi connectivity index (χ4n) is 2.94. The van der Waals surface area contributed by atoms with Crippen LogP contribution in [0.2, 0.25) is 78.6 Å². The molecule has 0 unspecified atom stereocenters. The van der Waals surface area contributed by atoms with Crippen LogP contribution in [0, 0.1) is 0 Å². The molecule has 0 aromatic carbocycles. The first-order chi connectivity index (χ1) is 11.4. The lowest BCUT2D eigenvalue weighted by Crippen LogP contribution is -2.57. The average Bonchev–Trinajstić information content (AvgIpc) is 2.34. The second-order valence-electron chi connectivity index (χ2n) is 11.7. The molecule has 158 valence electrons. The Balaban J connectivity index is 4.74. The van der Waals surface area contributed by atoms with Crippen molar-refractivity contribution in [3.8, 4) is 0 Å². The molecule has 0 aliphatic rings. The second kappa shape index (κ2) is 10.5. The minimum Gasteiger partial charge on any atom is -0.336 e. The highest BCUT2D eigenvalue weighted by molar-refractivity contribution is 6.74. The standard InChI is InChI=1S/C18H50N4Si4/c1-23(2,3)19-13-15-21(25(7,8)9)17-18-22(26(10,11)12)16-14-20-24(4,5)6/h19-20H,13-18H2,1-12H3. The molecule has 0 amide bonds. The maximum atomic E-state index is 3.80. The minimum atomic E-state index is -1.28. The van der Waals surface area contributed by atoms with Crippen molar-refractivity contribution in [2.45, 2.75) is 78.6 Å². The normalized spacial score (nSPS) is 14.5. The largest absolute Gasteiger partial charge is 0.336 e. The van der Waals surface area contributed by atoms with Crippen LogP contribution in [0.15, 0.2) is 0 Å². The summed E-state index contributed by atoms with van der Waals surface area (Å²) in [6, 6.07) is 0. The molecule has 0 bridgehead atoms. The molecule has 0 atom stereocenters. The summed E-state index contributed by atoms with van der Waals surface area (Å²) in [7, 11) is -4.89. The van der Waals surface area contributed by atoms with Crippen molar-refractivity contribution in [2.24, 2.45) is 0 Å². The van der Waals surface area contributed by atoms with Crippen LogP contribution in [0.5, 0.6) is 0 Å². The average molecular weight is 435 g/mol. The minimum absolute atomic E-state index is 1.14.